The van der Waals surface area contributed by atoms with Crippen molar-refractivity contribution < 1.29 is 38.4 Å². The molecular formula is C29H44O8. The van der Waals surface area contributed by atoms with E-state index in [1.807, 2.05) is 6.07 Å². The van der Waals surface area contributed by atoms with E-state index >= 15 is 0 Å². The van der Waals surface area contributed by atoms with Gasteiger partial charge in [0.2, 0.25) is 0 Å². The maximum absolute atomic E-state index is 12.2. The van der Waals surface area contributed by atoms with Crippen molar-refractivity contribution in [3.63, 3.8) is 0 Å². The number of phenols is 1. The number of hydrogen-bond acceptors (Lipinski definition) is 8. The Balaban J connectivity index is 1.58. The minimum atomic E-state index is -0.371. The summed E-state index contributed by atoms with van der Waals surface area (Å²) in [5, 5.41) is 11.0. The number of aromatic hydroxyl groups is 1. The average molecular weight is 521 g/mol. The summed E-state index contributed by atoms with van der Waals surface area (Å²) in [5.74, 6) is 0.515. The molecule has 2 aliphatic rings. The lowest BCUT2D eigenvalue weighted by Crippen LogP contribution is -2.23. The van der Waals surface area contributed by atoms with Gasteiger partial charge >= 0.3 is 11.9 Å². The monoisotopic (exact) mass is 520 g/mol. The molecule has 1 N–H and O–H groups in total. The van der Waals surface area contributed by atoms with Crippen LogP contribution >= 0.6 is 0 Å². The molecule has 1 aromatic rings. The van der Waals surface area contributed by atoms with Gasteiger partial charge in [0.1, 0.15) is 23.7 Å². The van der Waals surface area contributed by atoms with Gasteiger partial charge in [-0.3, -0.25) is 9.59 Å². The van der Waals surface area contributed by atoms with Gasteiger partial charge in [-0.15, -0.1) is 0 Å². The summed E-state index contributed by atoms with van der Waals surface area (Å²) in [6.45, 7) is 10.5. The molecule has 8 heteroatoms. The van der Waals surface area contributed by atoms with E-state index in [-0.39, 0.29) is 40.7 Å². The van der Waals surface area contributed by atoms with Crippen LogP contribution in [0.1, 0.15) is 90.2 Å². The fraction of sp³-hybridized carbons (Fsp3) is 0.724. The predicted molar refractivity (Wildman–Crippen MR) is 139 cm³/mol. The highest BCUT2D eigenvalue weighted by Gasteiger charge is 2.31. The van der Waals surface area contributed by atoms with Gasteiger partial charge in [-0.2, -0.15) is 0 Å². The lowest BCUT2D eigenvalue weighted by molar-refractivity contribution is -0.150. The van der Waals surface area contributed by atoms with Gasteiger partial charge in [0.25, 0.3) is 0 Å². The van der Waals surface area contributed by atoms with E-state index in [0.717, 1.165) is 30.4 Å². The van der Waals surface area contributed by atoms with Gasteiger partial charge < -0.3 is 28.8 Å². The van der Waals surface area contributed by atoms with E-state index in [1.165, 1.54) is 0 Å². The van der Waals surface area contributed by atoms with Gasteiger partial charge in [-0.25, -0.2) is 0 Å². The van der Waals surface area contributed by atoms with Gasteiger partial charge in [0, 0.05) is 36.8 Å². The highest BCUT2D eigenvalue weighted by molar-refractivity contribution is 5.70. The molecule has 0 amide bonds. The second-order valence-corrected chi connectivity index (χ2v) is 11.5. The van der Waals surface area contributed by atoms with Gasteiger partial charge in [0.05, 0.1) is 33.5 Å². The zero-order valence-corrected chi connectivity index (χ0v) is 23.1. The van der Waals surface area contributed by atoms with Crippen LogP contribution in [-0.4, -0.2) is 62.8 Å². The first-order chi connectivity index (χ1) is 17.5. The van der Waals surface area contributed by atoms with Crippen LogP contribution < -0.4 is 4.74 Å². The Labute approximate surface area is 220 Å². The Hall–Kier alpha value is -2.32. The molecule has 0 saturated carbocycles. The fourth-order valence-corrected chi connectivity index (χ4v) is 5.13. The number of rotatable bonds is 13. The quantitative estimate of drug-likeness (QED) is 0.364. The summed E-state index contributed by atoms with van der Waals surface area (Å²) >= 11 is 0. The van der Waals surface area contributed by atoms with Crippen molar-refractivity contribution in [1.29, 1.82) is 0 Å². The highest BCUT2D eigenvalue weighted by Crippen LogP contribution is 2.44. The van der Waals surface area contributed by atoms with Crippen LogP contribution in [0.2, 0.25) is 0 Å². The van der Waals surface area contributed by atoms with E-state index in [2.05, 4.69) is 27.7 Å². The molecule has 1 aromatic carbocycles. The number of carbonyl (C=O) groups excluding carboxylic acids is 2. The van der Waals surface area contributed by atoms with Crippen LogP contribution in [-0.2, 0) is 39.4 Å². The molecule has 0 spiro atoms. The third kappa shape index (κ3) is 8.34. The third-order valence-electron chi connectivity index (χ3n) is 7.51. The lowest BCUT2D eigenvalue weighted by Gasteiger charge is -2.31. The maximum atomic E-state index is 12.2. The van der Waals surface area contributed by atoms with E-state index in [0.29, 0.717) is 64.3 Å². The van der Waals surface area contributed by atoms with Crippen LogP contribution in [0, 0.1) is 0 Å². The number of esters is 2. The lowest BCUT2D eigenvalue weighted by atomic mass is 9.75. The molecule has 208 valence electrons. The zero-order chi connectivity index (χ0) is 27.1. The molecule has 0 aromatic heterocycles. The molecule has 0 bridgehead atoms. The predicted octanol–water partition coefficient (Wildman–Crippen LogP) is 4.96. The standard InChI is InChI=1S/C29H44O8/c1-28(2,12-6-8-26(31)36-20-10-14-34-18-20)22-17-25(33-5)23(16-24(22)30)29(3,4)13-7-9-27(32)37-21-11-15-35-19-21/h16-17,20-21,30H,6-15,18-19H2,1-5H3. The number of benzene rings is 1. The van der Waals surface area contributed by atoms with Crippen LogP contribution in [0.3, 0.4) is 0 Å². The first kappa shape index (κ1) is 29.2. The summed E-state index contributed by atoms with van der Waals surface area (Å²) < 4.78 is 27.2. The maximum Gasteiger partial charge on any atom is 0.306 e. The molecule has 0 aliphatic carbocycles. The van der Waals surface area contributed by atoms with Crippen molar-refractivity contribution in [2.75, 3.05) is 33.5 Å². The van der Waals surface area contributed by atoms with E-state index < -0.39 is 0 Å². The molecule has 2 atom stereocenters. The highest BCUT2D eigenvalue weighted by atomic mass is 16.6. The smallest absolute Gasteiger partial charge is 0.306 e. The SMILES string of the molecule is COc1cc(C(C)(C)CCCC(=O)OC2CCOC2)c(O)cc1C(C)(C)CCCC(=O)OC1CCOC1. The molecule has 8 nitrogen and oxygen atoms in total. The summed E-state index contributed by atoms with van der Waals surface area (Å²) in [6.07, 6.45) is 4.70. The summed E-state index contributed by atoms with van der Waals surface area (Å²) in [7, 11) is 1.63. The van der Waals surface area contributed by atoms with Crippen LogP contribution in [0.15, 0.2) is 12.1 Å². The first-order valence-electron chi connectivity index (χ1n) is 13.5. The molecule has 2 aliphatic heterocycles. The van der Waals surface area contributed by atoms with Crippen molar-refractivity contribution in [2.24, 2.45) is 0 Å². The Bertz CT molecular complexity index is 911. The normalized spacial score (nSPS) is 20.1. The molecule has 2 saturated heterocycles. The largest absolute Gasteiger partial charge is 0.508 e. The fourth-order valence-electron chi connectivity index (χ4n) is 5.13. The number of carbonyl (C=O) groups is 2. The van der Waals surface area contributed by atoms with Crippen molar-refractivity contribution >= 4 is 11.9 Å². The average Bonchev–Trinajstić information content (AvgIpc) is 3.53. The molecular weight excluding hydrogens is 476 g/mol. The van der Waals surface area contributed by atoms with Crippen molar-refractivity contribution in [2.45, 2.75) is 102 Å². The molecule has 2 fully saturated rings. The van der Waals surface area contributed by atoms with E-state index in [4.69, 9.17) is 23.7 Å². The number of ether oxygens (including phenoxy) is 5. The second-order valence-electron chi connectivity index (χ2n) is 11.5. The Morgan fingerprint density at radius 1 is 0.865 bits per heavy atom. The second kappa shape index (κ2) is 13.0. The number of phenolic OH excluding ortho intramolecular Hbond substituents is 1. The summed E-state index contributed by atoms with van der Waals surface area (Å²) in [4.78, 5) is 24.4. The van der Waals surface area contributed by atoms with Crippen molar-refractivity contribution in [1.82, 2.24) is 0 Å². The molecule has 2 heterocycles. The third-order valence-corrected chi connectivity index (χ3v) is 7.51. The van der Waals surface area contributed by atoms with E-state index in [9.17, 15) is 14.7 Å². The summed E-state index contributed by atoms with van der Waals surface area (Å²) in [6, 6.07) is 3.70. The molecule has 2 unspecified atom stereocenters. The van der Waals surface area contributed by atoms with Crippen molar-refractivity contribution in [3.05, 3.63) is 23.3 Å². The van der Waals surface area contributed by atoms with Crippen LogP contribution in [0.4, 0.5) is 0 Å². The van der Waals surface area contributed by atoms with Gasteiger partial charge in [-0.1, -0.05) is 27.7 Å². The zero-order valence-electron chi connectivity index (χ0n) is 23.1. The Kier molecular flexibility index (Phi) is 10.2. The molecule has 3 rings (SSSR count). The topological polar surface area (TPSA) is 101 Å². The van der Waals surface area contributed by atoms with Crippen LogP contribution in [0.25, 0.3) is 0 Å². The molecule has 37 heavy (non-hydrogen) atoms. The van der Waals surface area contributed by atoms with Crippen LogP contribution in [0.5, 0.6) is 11.5 Å². The first-order valence-corrected chi connectivity index (χ1v) is 13.5. The Morgan fingerprint density at radius 2 is 1.35 bits per heavy atom. The van der Waals surface area contributed by atoms with Crippen molar-refractivity contribution in [3.8, 4) is 11.5 Å². The molecule has 0 radical (unpaired) electrons. The van der Waals surface area contributed by atoms with Gasteiger partial charge in [-0.05, 0) is 48.6 Å². The van der Waals surface area contributed by atoms with E-state index in [1.54, 1.807) is 13.2 Å². The minimum Gasteiger partial charge on any atom is -0.508 e. The minimum absolute atomic E-state index is 0.124. The number of hydrogen-bond donors (Lipinski definition) is 1. The summed E-state index contributed by atoms with van der Waals surface area (Å²) in [5.41, 5.74) is 0.983. The Morgan fingerprint density at radius 3 is 1.78 bits per heavy atom. The van der Waals surface area contributed by atoms with Gasteiger partial charge in [0.15, 0.2) is 0 Å². The number of methoxy groups -OCH3 is 1.